The van der Waals surface area contributed by atoms with Gasteiger partial charge in [-0.2, -0.15) is 5.26 Å². The van der Waals surface area contributed by atoms with E-state index in [1.165, 1.54) is 5.56 Å². The van der Waals surface area contributed by atoms with Gasteiger partial charge in [0.15, 0.2) is 0 Å². The molecule has 1 aliphatic rings. The number of rotatable bonds is 5. The number of nitriles is 1. The summed E-state index contributed by atoms with van der Waals surface area (Å²) >= 11 is 0. The van der Waals surface area contributed by atoms with E-state index >= 15 is 0 Å². The highest BCUT2D eigenvalue weighted by Crippen LogP contribution is 2.23. The summed E-state index contributed by atoms with van der Waals surface area (Å²) in [6.07, 6.45) is 11.1. The van der Waals surface area contributed by atoms with Gasteiger partial charge in [-0.25, -0.2) is 0 Å². The molecular formula is C16H18N4O. The van der Waals surface area contributed by atoms with Crippen LogP contribution in [0.4, 0.5) is 0 Å². The van der Waals surface area contributed by atoms with Gasteiger partial charge in [0.25, 0.3) is 0 Å². The molecule has 0 radical (unpaired) electrons. The molecule has 5 heteroatoms. The number of likely N-dealkylation sites (tertiary alicyclic amines) is 1. The lowest BCUT2D eigenvalue weighted by molar-refractivity contribution is -0.131. The lowest BCUT2D eigenvalue weighted by atomic mass is 10.2. The molecule has 0 bridgehead atoms. The minimum absolute atomic E-state index is 0.100. The first-order chi connectivity index (χ1) is 10.3. The molecule has 1 aliphatic heterocycles. The fourth-order valence-electron chi connectivity index (χ4n) is 2.52. The smallest absolute Gasteiger partial charge is 0.238 e. The minimum Gasteiger partial charge on any atom is -0.312 e. The molecule has 0 saturated carbocycles. The normalized spacial score (nSPS) is 20.8. The van der Waals surface area contributed by atoms with Crippen molar-refractivity contribution in [1.29, 1.82) is 5.26 Å². The van der Waals surface area contributed by atoms with Crippen LogP contribution in [-0.4, -0.2) is 41.0 Å². The van der Waals surface area contributed by atoms with Crippen LogP contribution < -0.4 is 5.32 Å². The molecule has 0 aliphatic carbocycles. The van der Waals surface area contributed by atoms with E-state index in [9.17, 15) is 4.79 Å². The number of hydrogen-bond acceptors (Lipinski definition) is 4. The quantitative estimate of drug-likeness (QED) is 0.638. The molecule has 2 rings (SSSR count). The van der Waals surface area contributed by atoms with Crippen molar-refractivity contribution in [3.8, 4) is 18.4 Å². The maximum absolute atomic E-state index is 12.2. The Hall–Kier alpha value is -2.37. The third kappa shape index (κ3) is 3.81. The molecule has 1 N–H and O–H groups in total. The average Bonchev–Trinajstić information content (AvgIpc) is 2.95. The second-order valence-electron chi connectivity index (χ2n) is 4.99. The van der Waals surface area contributed by atoms with Crippen molar-refractivity contribution in [2.75, 3.05) is 13.1 Å². The Morgan fingerprint density at radius 2 is 2.14 bits per heavy atom. The summed E-state index contributed by atoms with van der Waals surface area (Å²) in [6.45, 7) is 0.906. The number of nitrogens with one attached hydrogen (secondary N) is 1. The second-order valence-corrected chi connectivity index (χ2v) is 4.99. The highest BCUT2D eigenvalue weighted by Gasteiger charge is 2.35. The van der Waals surface area contributed by atoms with Crippen LogP contribution >= 0.6 is 0 Å². The number of terminal acetylenes is 1. The number of pyridine rings is 1. The second kappa shape index (κ2) is 7.42. The van der Waals surface area contributed by atoms with Gasteiger partial charge in [0.05, 0.1) is 18.7 Å². The van der Waals surface area contributed by atoms with E-state index in [0.29, 0.717) is 19.4 Å². The predicted octanol–water partition coefficient (Wildman–Crippen LogP) is 0.730. The van der Waals surface area contributed by atoms with Crippen LogP contribution in [-0.2, 0) is 11.2 Å². The molecule has 0 aromatic carbocycles. The fraction of sp³-hybridized carbons (Fsp3) is 0.438. The van der Waals surface area contributed by atoms with Gasteiger partial charge in [0, 0.05) is 12.4 Å². The van der Waals surface area contributed by atoms with Gasteiger partial charge in [-0.15, -0.1) is 6.42 Å². The lowest BCUT2D eigenvalue weighted by Crippen LogP contribution is -2.44. The number of nitrogens with zero attached hydrogens (tertiary/aromatic N) is 3. The Balaban J connectivity index is 1.79. The van der Waals surface area contributed by atoms with E-state index in [1.54, 1.807) is 17.3 Å². The number of hydrogen-bond donors (Lipinski definition) is 1. The molecule has 1 aromatic heterocycles. The number of aromatic nitrogens is 1. The number of carbonyl (C=O) groups excluding carboxylic acids is 1. The van der Waals surface area contributed by atoms with E-state index in [2.05, 4.69) is 22.3 Å². The van der Waals surface area contributed by atoms with Crippen LogP contribution in [0.5, 0.6) is 0 Å². The summed E-state index contributed by atoms with van der Waals surface area (Å²) in [5.41, 5.74) is 1.17. The Morgan fingerprint density at radius 3 is 2.81 bits per heavy atom. The molecule has 0 unspecified atom stereocenters. The molecule has 1 aromatic rings. The van der Waals surface area contributed by atoms with E-state index < -0.39 is 0 Å². The summed E-state index contributed by atoms with van der Waals surface area (Å²) in [5.74, 6) is 2.49. The molecule has 5 nitrogen and oxygen atoms in total. The van der Waals surface area contributed by atoms with E-state index in [4.69, 9.17) is 11.7 Å². The Morgan fingerprint density at radius 1 is 1.43 bits per heavy atom. The molecule has 1 fully saturated rings. The van der Waals surface area contributed by atoms with Crippen molar-refractivity contribution in [2.45, 2.75) is 31.3 Å². The largest absolute Gasteiger partial charge is 0.312 e. The van der Waals surface area contributed by atoms with Gasteiger partial charge in [-0.3, -0.25) is 9.78 Å². The maximum Gasteiger partial charge on any atom is 0.238 e. The average molecular weight is 282 g/mol. The summed E-state index contributed by atoms with van der Waals surface area (Å²) in [5, 5.41) is 12.2. The Bertz CT molecular complexity index is 536. The highest BCUT2D eigenvalue weighted by molar-refractivity contribution is 5.80. The molecule has 0 spiro atoms. The summed E-state index contributed by atoms with van der Waals surface area (Å²) in [7, 11) is 0. The molecule has 1 saturated heterocycles. The van der Waals surface area contributed by atoms with Crippen molar-refractivity contribution in [2.24, 2.45) is 0 Å². The zero-order valence-corrected chi connectivity index (χ0v) is 11.8. The van der Waals surface area contributed by atoms with Gasteiger partial charge < -0.3 is 10.2 Å². The van der Waals surface area contributed by atoms with Crippen LogP contribution in [0.25, 0.3) is 0 Å². The first kappa shape index (κ1) is 15.0. The van der Waals surface area contributed by atoms with Crippen LogP contribution in [0, 0.1) is 23.7 Å². The van der Waals surface area contributed by atoms with Crippen LogP contribution in [0.1, 0.15) is 18.4 Å². The predicted molar refractivity (Wildman–Crippen MR) is 78.9 cm³/mol. The van der Waals surface area contributed by atoms with Crippen LogP contribution in [0.3, 0.4) is 0 Å². The van der Waals surface area contributed by atoms with Gasteiger partial charge in [0.1, 0.15) is 6.04 Å². The van der Waals surface area contributed by atoms with Gasteiger partial charge in [0.2, 0.25) is 5.91 Å². The van der Waals surface area contributed by atoms with Crippen molar-refractivity contribution >= 4 is 5.91 Å². The van der Waals surface area contributed by atoms with Gasteiger partial charge >= 0.3 is 0 Å². The number of carbonyl (C=O) groups is 1. The summed E-state index contributed by atoms with van der Waals surface area (Å²) < 4.78 is 0. The van der Waals surface area contributed by atoms with E-state index in [0.717, 1.165) is 6.42 Å². The summed E-state index contributed by atoms with van der Waals surface area (Å²) in [4.78, 5) is 17.7. The first-order valence-electron chi connectivity index (χ1n) is 7.02. The van der Waals surface area contributed by atoms with Gasteiger partial charge in [-0.1, -0.05) is 5.92 Å². The minimum atomic E-state index is -0.388. The third-order valence-electron chi connectivity index (χ3n) is 3.63. The lowest BCUT2D eigenvalue weighted by Gasteiger charge is -2.24. The monoisotopic (exact) mass is 282 g/mol. The van der Waals surface area contributed by atoms with Crippen molar-refractivity contribution in [1.82, 2.24) is 15.2 Å². The van der Waals surface area contributed by atoms with Crippen LogP contribution in [0.2, 0.25) is 0 Å². The van der Waals surface area contributed by atoms with Gasteiger partial charge in [-0.05, 0) is 43.5 Å². The third-order valence-corrected chi connectivity index (χ3v) is 3.63. The maximum atomic E-state index is 12.2. The van der Waals surface area contributed by atoms with Crippen molar-refractivity contribution < 1.29 is 4.79 Å². The molecule has 21 heavy (non-hydrogen) atoms. The zero-order chi connectivity index (χ0) is 15.1. The van der Waals surface area contributed by atoms with E-state index in [1.807, 2.05) is 12.1 Å². The molecule has 2 heterocycles. The Labute approximate surface area is 125 Å². The molecular weight excluding hydrogens is 264 g/mol. The summed E-state index contributed by atoms with van der Waals surface area (Å²) in [6, 6.07) is 5.41. The van der Waals surface area contributed by atoms with Crippen LogP contribution in [0.15, 0.2) is 24.5 Å². The van der Waals surface area contributed by atoms with Crippen molar-refractivity contribution in [3.63, 3.8) is 0 Å². The zero-order valence-electron chi connectivity index (χ0n) is 11.8. The van der Waals surface area contributed by atoms with Crippen molar-refractivity contribution in [3.05, 3.63) is 30.1 Å². The first-order valence-corrected chi connectivity index (χ1v) is 7.02. The highest BCUT2D eigenvalue weighted by atomic mass is 16.2. The Kier molecular flexibility index (Phi) is 5.31. The molecule has 2 atom stereocenters. The molecule has 1 amide bonds. The fourth-order valence-corrected chi connectivity index (χ4v) is 2.52. The van der Waals surface area contributed by atoms with E-state index in [-0.39, 0.29) is 24.5 Å². The standard InChI is InChI=1S/C16H18N4O/c1-2-14-3-4-15(11-17)20(14)16(21)12-19-10-7-13-5-8-18-9-6-13/h1,5-6,8-9,14-15,19H,3-4,7,10,12H2/t14-,15-/m0/s1. The topological polar surface area (TPSA) is 69.0 Å². The number of amides is 1. The molecule has 108 valence electrons. The SMILES string of the molecule is C#C[C@H]1CC[C@@H](C#N)N1C(=O)CNCCc1ccncc1.